The third-order valence-corrected chi connectivity index (χ3v) is 4.99. The number of pyridine rings is 1. The van der Waals surface area contributed by atoms with E-state index in [1.54, 1.807) is 6.20 Å². The van der Waals surface area contributed by atoms with Gasteiger partial charge in [-0.25, -0.2) is 0 Å². The number of rotatable bonds is 6. The summed E-state index contributed by atoms with van der Waals surface area (Å²) in [5.41, 5.74) is 1.08. The Morgan fingerprint density at radius 2 is 2.18 bits per heavy atom. The lowest BCUT2D eigenvalue weighted by Gasteiger charge is -2.25. The summed E-state index contributed by atoms with van der Waals surface area (Å²) in [6.45, 7) is 2.44. The molecule has 0 aromatic carbocycles. The van der Waals surface area contributed by atoms with Crippen molar-refractivity contribution in [2.24, 2.45) is 0 Å². The van der Waals surface area contributed by atoms with Crippen LogP contribution in [0.15, 0.2) is 36.7 Å². The first-order valence-electron chi connectivity index (χ1n) is 7.08. The molecule has 2 aromatic heterocycles. The van der Waals surface area contributed by atoms with Crippen molar-refractivity contribution in [1.82, 2.24) is 15.2 Å². The lowest BCUT2D eigenvalue weighted by Crippen LogP contribution is -2.36. The predicted molar refractivity (Wildman–Crippen MR) is 91.4 cm³/mol. The number of nitrogens with zero attached hydrogens (tertiary/aromatic N) is 2. The van der Waals surface area contributed by atoms with E-state index in [1.807, 2.05) is 51.5 Å². The van der Waals surface area contributed by atoms with Gasteiger partial charge >= 0.3 is 0 Å². The molecule has 2 unspecified atom stereocenters. The van der Waals surface area contributed by atoms with Crippen LogP contribution in [0.25, 0.3) is 0 Å². The maximum absolute atomic E-state index is 12.3. The molecule has 1 amide bonds. The highest BCUT2D eigenvalue weighted by molar-refractivity contribution is 7.16. The van der Waals surface area contributed by atoms with Gasteiger partial charge in [-0.2, -0.15) is 0 Å². The molecule has 4 nitrogen and oxygen atoms in total. The maximum Gasteiger partial charge on any atom is 0.228 e. The van der Waals surface area contributed by atoms with Crippen molar-refractivity contribution < 1.29 is 4.79 Å². The van der Waals surface area contributed by atoms with Crippen molar-refractivity contribution in [3.05, 3.63) is 51.4 Å². The molecule has 0 aliphatic rings. The lowest BCUT2D eigenvalue weighted by molar-refractivity contribution is -0.122. The summed E-state index contributed by atoms with van der Waals surface area (Å²) in [6, 6.07) is 7.75. The highest BCUT2D eigenvalue weighted by Crippen LogP contribution is 2.28. The summed E-state index contributed by atoms with van der Waals surface area (Å²) in [5.74, 6) is -0.191. The molecule has 6 heteroatoms. The van der Waals surface area contributed by atoms with Crippen molar-refractivity contribution >= 4 is 28.8 Å². The van der Waals surface area contributed by atoms with Crippen LogP contribution < -0.4 is 5.32 Å². The third kappa shape index (κ3) is 4.29. The average molecular weight is 338 g/mol. The van der Waals surface area contributed by atoms with E-state index in [0.29, 0.717) is 10.9 Å². The second-order valence-corrected chi connectivity index (χ2v) is 7.12. The SMILES string of the molecule is CC(C(=O)NCC(c1cccnc1)N(C)C)c1ccc(Cl)s1. The van der Waals surface area contributed by atoms with Gasteiger partial charge in [-0.1, -0.05) is 17.7 Å². The minimum atomic E-state index is -0.200. The highest BCUT2D eigenvalue weighted by Gasteiger charge is 2.20. The minimum Gasteiger partial charge on any atom is -0.354 e. The van der Waals surface area contributed by atoms with Gasteiger partial charge in [0.05, 0.1) is 16.3 Å². The van der Waals surface area contributed by atoms with Crippen molar-refractivity contribution in [3.8, 4) is 0 Å². The zero-order chi connectivity index (χ0) is 16.1. The Morgan fingerprint density at radius 3 is 2.73 bits per heavy atom. The molecule has 0 aliphatic heterocycles. The van der Waals surface area contributed by atoms with E-state index in [-0.39, 0.29) is 17.9 Å². The molecule has 0 saturated carbocycles. The molecule has 2 rings (SSSR count). The molecule has 0 aliphatic carbocycles. The quantitative estimate of drug-likeness (QED) is 0.879. The first-order valence-corrected chi connectivity index (χ1v) is 8.27. The summed E-state index contributed by atoms with van der Waals surface area (Å²) in [5, 5.41) is 3.03. The van der Waals surface area contributed by atoms with E-state index in [1.165, 1.54) is 11.3 Å². The summed E-state index contributed by atoms with van der Waals surface area (Å²) in [7, 11) is 3.98. The van der Waals surface area contributed by atoms with Crippen LogP contribution in [0.1, 0.15) is 29.3 Å². The van der Waals surface area contributed by atoms with Gasteiger partial charge in [-0.15, -0.1) is 11.3 Å². The van der Waals surface area contributed by atoms with Gasteiger partial charge in [-0.05, 0) is 44.8 Å². The lowest BCUT2D eigenvalue weighted by atomic mass is 10.1. The third-order valence-electron chi connectivity index (χ3n) is 3.58. The molecule has 0 saturated heterocycles. The molecule has 0 fully saturated rings. The molecule has 2 aromatic rings. The van der Waals surface area contributed by atoms with Crippen molar-refractivity contribution in [2.45, 2.75) is 18.9 Å². The Kier molecular flexibility index (Phi) is 5.94. The number of hydrogen-bond donors (Lipinski definition) is 1. The molecule has 1 N–H and O–H groups in total. The van der Waals surface area contributed by atoms with Gasteiger partial charge in [0.25, 0.3) is 0 Å². The predicted octanol–water partition coefficient (Wildman–Crippen LogP) is 3.32. The molecular weight excluding hydrogens is 318 g/mol. The van der Waals surface area contributed by atoms with E-state index in [0.717, 1.165) is 10.4 Å². The van der Waals surface area contributed by atoms with Crippen molar-refractivity contribution in [2.75, 3.05) is 20.6 Å². The summed E-state index contributed by atoms with van der Waals surface area (Å²) >= 11 is 7.38. The van der Waals surface area contributed by atoms with Gasteiger partial charge in [0.2, 0.25) is 5.91 Å². The number of halogens is 1. The van der Waals surface area contributed by atoms with Crippen LogP contribution in [0, 0.1) is 0 Å². The van der Waals surface area contributed by atoms with Crippen LogP contribution in [-0.2, 0) is 4.79 Å². The number of aromatic nitrogens is 1. The van der Waals surface area contributed by atoms with E-state index < -0.39 is 0 Å². The molecule has 118 valence electrons. The van der Waals surface area contributed by atoms with Crippen LogP contribution in [0.4, 0.5) is 0 Å². The largest absolute Gasteiger partial charge is 0.354 e. The summed E-state index contributed by atoms with van der Waals surface area (Å²) in [6.07, 6.45) is 3.58. The van der Waals surface area contributed by atoms with E-state index in [2.05, 4.69) is 15.2 Å². The van der Waals surface area contributed by atoms with E-state index in [4.69, 9.17) is 11.6 Å². The van der Waals surface area contributed by atoms with Gasteiger partial charge in [0.15, 0.2) is 0 Å². The molecule has 2 heterocycles. The van der Waals surface area contributed by atoms with Crippen molar-refractivity contribution in [3.63, 3.8) is 0 Å². The van der Waals surface area contributed by atoms with Crippen LogP contribution >= 0.6 is 22.9 Å². The number of hydrogen-bond acceptors (Lipinski definition) is 4. The molecule has 2 atom stereocenters. The fourth-order valence-electron chi connectivity index (χ4n) is 2.21. The Hall–Kier alpha value is -1.43. The molecule has 0 bridgehead atoms. The monoisotopic (exact) mass is 337 g/mol. The molecule has 0 radical (unpaired) electrons. The Balaban J connectivity index is 1.99. The number of nitrogens with one attached hydrogen (secondary N) is 1. The molecule has 22 heavy (non-hydrogen) atoms. The Bertz CT molecular complexity index is 615. The average Bonchev–Trinajstić information content (AvgIpc) is 2.93. The minimum absolute atomic E-state index is 0.00857. The van der Waals surface area contributed by atoms with Crippen LogP contribution in [0.2, 0.25) is 4.34 Å². The normalized spacial score (nSPS) is 13.9. The fraction of sp³-hybridized carbons (Fsp3) is 0.375. The summed E-state index contributed by atoms with van der Waals surface area (Å²) < 4.78 is 0.705. The van der Waals surface area contributed by atoms with E-state index >= 15 is 0 Å². The Morgan fingerprint density at radius 1 is 1.41 bits per heavy atom. The van der Waals surface area contributed by atoms with Gasteiger partial charge in [-0.3, -0.25) is 9.78 Å². The zero-order valence-electron chi connectivity index (χ0n) is 12.9. The standard InChI is InChI=1S/C16H20ClN3OS/c1-11(14-6-7-15(17)22-14)16(21)19-10-13(20(2)3)12-5-4-8-18-9-12/h4-9,11,13H,10H2,1-3H3,(H,19,21). The second-order valence-electron chi connectivity index (χ2n) is 5.37. The number of thiophene rings is 1. The molecular formula is C16H20ClN3OS. The number of carbonyl (C=O) groups is 1. The smallest absolute Gasteiger partial charge is 0.228 e. The topological polar surface area (TPSA) is 45.2 Å². The fourth-order valence-corrected chi connectivity index (χ4v) is 3.32. The molecule has 0 spiro atoms. The Labute approximate surface area is 140 Å². The van der Waals surface area contributed by atoms with Crippen LogP contribution in [0.3, 0.4) is 0 Å². The summed E-state index contributed by atoms with van der Waals surface area (Å²) in [4.78, 5) is 19.5. The number of likely N-dealkylation sites (N-methyl/N-ethyl adjacent to an activating group) is 1. The first-order chi connectivity index (χ1) is 10.5. The number of carbonyl (C=O) groups excluding carboxylic acids is 1. The van der Waals surface area contributed by atoms with Crippen LogP contribution in [-0.4, -0.2) is 36.4 Å². The maximum atomic E-state index is 12.3. The van der Waals surface area contributed by atoms with Gasteiger partial charge in [0.1, 0.15) is 0 Å². The highest BCUT2D eigenvalue weighted by atomic mass is 35.5. The van der Waals surface area contributed by atoms with E-state index in [9.17, 15) is 4.79 Å². The van der Waals surface area contributed by atoms with Crippen LogP contribution in [0.5, 0.6) is 0 Å². The van der Waals surface area contributed by atoms with Gasteiger partial charge < -0.3 is 10.2 Å². The number of amides is 1. The second kappa shape index (κ2) is 7.72. The first kappa shape index (κ1) is 16.9. The van der Waals surface area contributed by atoms with Gasteiger partial charge in [0, 0.05) is 23.8 Å². The zero-order valence-corrected chi connectivity index (χ0v) is 14.5. The van der Waals surface area contributed by atoms with Crippen molar-refractivity contribution in [1.29, 1.82) is 0 Å².